The van der Waals surface area contributed by atoms with Gasteiger partial charge in [-0.25, -0.2) is 4.99 Å². The van der Waals surface area contributed by atoms with Crippen molar-refractivity contribution >= 4 is 11.6 Å². The highest BCUT2D eigenvalue weighted by molar-refractivity contribution is 5.92. The fourth-order valence-corrected chi connectivity index (χ4v) is 1.98. The molecule has 0 saturated carbocycles. The van der Waals surface area contributed by atoms with E-state index in [2.05, 4.69) is 15.3 Å². The molecule has 0 saturated heterocycles. The SMILES string of the molecule is COCc1ccccc1NC(N)=NCc1cncc(C)c1. The molecule has 0 fully saturated rings. The standard InChI is InChI=1S/C16H20N4O/c1-12-7-13(9-18-8-12)10-19-16(17)20-15-6-4-3-5-14(15)11-21-2/h3-9H,10-11H2,1-2H3,(H3,17,19,20). The zero-order valence-corrected chi connectivity index (χ0v) is 12.3. The van der Waals surface area contributed by atoms with E-state index < -0.39 is 0 Å². The van der Waals surface area contributed by atoms with E-state index >= 15 is 0 Å². The van der Waals surface area contributed by atoms with Crippen LogP contribution in [0.3, 0.4) is 0 Å². The summed E-state index contributed by atoms with van der Waals surface area (Å²) in [5.74, 6) is 0.375. The predicted octanol–water partition coefficient (Wildman–Crippen LogP) is 2.46. The van der Waals surface area contributed by atoms with Crippen LogP contribution in [-0.4, -0.2) is 18.1 Å². The van der Waals surface area contributed by atoms with Crippen LogP contribution in [0.5, 0.6) is 0 Å². The number of nitrogens with zero attached hydrogens (tertiary/aromatic N) is 2. The molecule has 3 N–H and O–H groups in total. The minimum absolute atomic E-state index is 0.375. The lowest BCUT2D eigenvalue weighted by Crippen LogP contribution is -2.23. The minimum Gasteiger partial charge on any atom is -0.380 e. The van der Waals surface area contributed by atoms with Gasteiger partial charge in [0.15, 0.2) is 5.96 Å². The molecule has 0 amide bonds. The zero-order chi connectivity index (χ0) is 15.1. The second-order valence-electron chi connectivity index (χ2n) is 4.79. The molecule has 0 aliphatic heterocycles. The van der Waals surface area contributed by atoms with Gasteiger partial charge in [-0.2, -0.15) is 0 Å². The molecular weight excluding hydrogens is 264 g/mol. The Morgan fingerprint density at radius 1 is 1.33 bits per heavy atom. The van der Waals surface area contributed by atoms with Crippen molar-refractivity contribution in [1.82, 2.24) is 4.98 Å². The number of rotatable bonds is 5. The van der Waals surface area contributed by atoms with Crippen molar-refractivity contribution in [2.45, 2.75) is 20.1 Å². The first kappa shape index (κ1) is 15.0. The van der Waals surface area contributed by atoms with Crippen molar-refractivity contribution in [3.63, 3.8) is 0 Å². The van der Waals surface area contributed by atoms with Crippen molar-refractivity contribution in [2.75, 3.05) is 12.4 Å². The Bertz CT molecular complexity index is 625. The number of ether oxygens (including phenoxy) is 1. The van der Waals surface area contributed by atoms with Gasteiger partial charge in [-0.3, -0.25) is 4.98 Å². The average Bonchev–Trinajstić information content (AvgIpc) is 2.48. The van der Waals surface area contributed by atoms with E-state index in [9.17, 15) is 0 Å². The maximum absolute atomic E-state index is 5.93. The molecule has 0 spiro atoms. The van der Waals surface area contributed by atoms with Crippen LogP contribution in [0.2, 0.25) is 0 Å². The maximum Gasteiger partial charge on any atom is 0.193 e. The van der Waals surface area contributed by atoms with E-state index in [1.165, 1.54) is 0 Å². The van der Waals surface area contributed by atoms with Crippen LogP contribution in [0, 0.1) is 6.92 Å². The van der Waals surface area contributed by atoms with Gasteiger partial charge >= 0.3 is 0 Å². The molecule has 5 heteroatoms. The van der Waals surface area contributed by atoms with Crippen LogP contribution >= 0.6 is 0 Å². The summed E-state index contributed by atoms with van der Waals surface area (Å²) < 4.78 is 5.16. The summed E-state index contributed by atoms with van der Waals surface area (Å²) in [6, 6.07) is 9.89. The Morgan fingerprint density at radius 3 is 2.90 bits per heavy atom. The summed E-state index contributed by atoms with van der Waals surface area (Å²) in [6.45, 7) is 3.03. The van der Waals surface area contributed by atoms with Gasteiger partial charge in [-0.05, 0) is 24.1 Å². The van der Waals surface area contributed by atoms with E-state index in [0.29, 0.717) is 19.1 Å². The van der Waals surface area contributed by atoms with E-state index in [1.54, 1.807) is 13.3 Å². The van der Waals surface area contributed by atoms with Gasteiger partial charge in [0.1, 0.15) is 0 Å². The molecular formula is C16H20N4O. The molecule has 1 heterocycles. The number of hydrogen-bond acceptors (Lipinski definition) is 3. The highest BCUT2D eigenvalue weighted by Gasteiger charge is 2.02. The highest BCUT2D eigenvalue weighted by Crippen LogP contribution is 2.15. The van der Waals surface area contributed by atoms with Crippen molar-refractivity contribution in [2.24, 2.45) is 10.7 Å². The first-order valence-electron chi connectivity index (χ1n) is 6.73. The molecule has 110 valence electrons. The lowest BCUT2D eigenvalue weighted by molar-refractivity contribution is 0.185. The van der Waals surface area contributed by atoms with Crippen molar-refractivity contribution in [3.05, 3.63) is 59.4 Å². The topological polar surface area (TPSA) is 72.5 Å². The number of para-hydroxylation sites is 1. The summed E-state index contributed by atoms with van der Waals surface area (Å²) in [4.78, 5) is 8.47. The Hall–Kier alpha value is -2.40. The van der Waals surface area contributed by atoms with Gasteiger partial charge in [-0.15, -0.1) is 0 Å². The van der Waals surface area contributed by atoms with E-state index in [4.69, 9.17) is 10.5 Å². The predicted molar refractivity (Wildman–Crippen MR) is 85.1 cm³/mol. The summed E-state index contributed by atoms with van der Waals surface area (Å²) >= 11 is 0. The Morgan fingerprint density at radius 2 is 2.14 bits per heavy atom. The van der Waals surface area contributed by atoms with Gasteiger partial charge in [0.05, 0.1) is 13.2 Å². The Balaban J connectivity index is 2.04. The molecule has 0 bridgehead atoms. The van der Waals surface area contributed by atoms with Crippen LogP contribution in [0.1, 0.15) is 16.7 Å². The van der Waals surface area contributed by atoms with Crippen LogP contribution in [0.15, 0.2) is 47.7 Å². The van der Waals surface area contributed by atoms with Crippen LogP contribution < -0.4 is 11.1 Å². The first-order chi connectivity index (χ1) is 10.2. The maximum atomic E-state index is 5.93. The molecule has 0 aliphatic carbocycles. The fraction of sp³-hybridized carbons (Fsp3) is 0.250. The summed E-state index contributed by atoms with van der Waals surface area (Å²) in [6.07, 6.45) is 3.61. The molecule has 0 unspecified atom stereocenters. The van der Waals surface area contributed by atoms with Gasteiger partial charge in [-0.1, -0.05) is 24.3 Å². The Labute approximate surface area is 124 Å². The van der Waals surface area contributed by atoms with Crippen LogP contribution in [0.4, 0.5) is 5.69 Å². The van der Waals surface area contributed by atoms with Gasteiger partial charge < -0.3 is 15.8 Å². The van der Waals surface area contributed by atoms with Crippen molar-refractivity contribution in [3.8, 4) is 0 Å². The van der Waals surface area contributed by atoms with E-state index in [-0.39, 0.29) is 0 Å². The third-order valence-corrected chi connectivity index (χ3v) is 2.94. The van der Waals surface area contributed by atoms with Crippen LogP contribution in [0.25, 0.3) is 0 Å². The number of pyridine rings is 1. The molecule has 1 aromatic carbocycles. The Kier molecular flexibility index (Phi) is 5.29. The third-order valence-electron chi connectivity index (χ3n) is 2.94. The number of hydrogen-bond donors (Lipinski definition) is 2. The zero-order valence-electron chi connectivity index (χ0n) is 12.3. The van der Waals surface area contributed by atoms with Crippen molar-refractivity contribution < 1.29 is 4.74 Å². The molecule has 2 aromatic rings. The average molecular weight is 284 g/mol. The number of methoxy groups -OCH3 is 1. The minimum atomic E-state index is 0.375. The van der Waals surface area contributed by atoms with Gasteiger partial charge in [0.25, 0.3) is 0 Å². The van der Waals surface area contributed by atoms with E-state index in [1.807, 2.05) is 43.5 Å². The third kappa shape index (κ3) is 4.57. The number of aliphatic imine (C=N–C) groups is 1. The monoisotopic (exact) mass is 284 g/mol. The van der Waals surface area contributed by atoms with Gasteiger partial charge in [0, 0.05) is 30.8 Å². The number of aromatic nitrogens is 1. The molecule has 0 atom stereocenters. The second kappa shape index (κ2) is 7.40. The number of anilines is 1. The molecule has 1 aromatic heterocycles. The first-order valence-corrected chi connectivity index (χ1v) is 6.73. The summed E-state index contributed by atoms with van der Waals surface area (Å²) in [5.41, 5.74) is 10.0. The summed E-state index contributed by atoms with van der Waals surface area (Å²) in [5, 5.41) is 3.11. The van der Waals surface area contributed by atoms with Crippen LogP contribution in [-0.2, 0) is 17.9 Å². The quantitative estimate of drug-likeness (QED) is 0.653. The van der Waals surface area contributed by atoms with Gasteiger partial charge in [0.2, 0.25) is 0 Å². The molecule has 0 radical (unpaired) electrons. The highest BCUT2D eigenvalue weighted by atomic mass is 16.5. The molecule has 21 heavy (non-hydrogen) atoms. The molecule has 2 rings (SSSR count). The lowest BCUT2D eigenvalue weighted by Gasteiger charge is -2.10. The number of guanidine groups is 1. The van der Waals surface area contributed by atoms with E-state index in [0.717, 1.165) is 22.4 Å². The number of aryl methyl sites for hydroxylation is 1. The summed E-state index contributed by atoms with van der Waals surface area (Å²) in [7, 11) is 1.67. The molecule has 0 aliphatic rings. The smallest absolute Gasteiger partial charge is 0.193 e. The normalized spacial score (nSPS) is 11.4. The lowest BCUT2D eigenvalue weighted by atomic mass is 10.2. The largest absolute Gasteiger partial charge is 0.380 e. The number of nitrogens with two attached hydrogens (primary N) is 1. The second-order valence-corrected chi connectivity index (χ2v) is 4.79. The number of benzene rings is 1. The molecule has 5 nitrogen and oxygen atoms in total. The number of nitrogens with one attached hydrogen (secondary N) is 1. The fourth-order valence-electron chi connectivity index (χ4n) is 1.98. The van der Waals surface area contributed by atoms with Crippen molar-refractivity contribution in [1.29, 1.82) is 0 Å².